The number of carbonyl (C=O) groups is 1. The van der Waals surface area contributed by atoms with Gasteiger partial charge in [0, 0.05) is 0 Å². The number of nitrogens with zero attached hydrogens (tertiary/aromatic N) is 1. The van der Waals surface area contributed by atoms with Crippen LogP contribution in [0, 0.1) is 12.8 Å². The van der Waals surface area contributed by atoms with Crippen LogP contribution in [0.5, 0.6) is 5.75 Å². The molecule has 1 fully saturated rings. The van der Waals surface area contributed by atoms with E-state index < -0.39 is 0 Å². The van der Waals surface area contributed by atoms with Gasteiger partial charge in [0.15, 0.2) is 6.29 Å². The summed E-state index contributed by atoms with van der Waals surface area (Å²) in [5, 5.41) is 0. The van der Waals surface area contributed by atoms with E-state index in [-0.39, 0.29) is 0 Å². The summed E-state index contributed by atoms with van der Waals surface area (Å²) in [4.78, 5) is 14.5. The molecule has 1 aromatic rings. The molecule has 2 rings (SSSR count). The summed E-state index contributed by atoms with van der Waals surface area (Å²) >= 11 is 0. The van der Waals surface area contributed by atoms with E-state index in [4.69, 9.17) is 4.74 Å². The van der Waals surface area contributed by atoms with Crippen molar-refractivity contribution in [3.05, 3.63) is 23.5 Å². The number of aryl methyl sites for hydroxylation is 1. The van der Waals surface area contributed by atoms with E-state index in [2.05, 4.69) is 4.98 Å². The Hall–Kier alpha value is -1.38. The fraction of sp³-hybridized carbons (Fsp3) is 0.455. The summed E-state index contributed by atoms with van der Waals surface area (Å²) in [6.45, 7) is 2.64. The average molecular weight is 191 g/mol. The first-order valence-electron chi connectivity index (χ1n) is 4.85. The molecule has 1 heterocycles. The molecule has 0 radical (unpaired) electrons. The van der Waals surface area contributed by atoms with Gasteiger partial charge in [0.2, 0.25) is 0 Å². The quantitative estimate of drug-likeness (QED) is 0.683. The Morgan fingerprint density at radius 2 is 2.36 bits per heavy atom. The third-order valence-corrected chi connectivity index (χ3v) is 2.35. The maximum absolute atomic E-state index is 10.4. The van der Waals surface area contributed by atoms with Crippen molar-refractivity contribution >= 4 is 6.29 Å². The summed E-state index contributed by atoms with van der Waals surface area (Å²) in [6.07, 6.45) is 3.30. The molecule has 1 aromatic heterocycles. The minimum atomic E-state index is 0.460. The molecule has 0 saturated heterocycles. The number of carbonyl (C=O) groups excluding carboxylic acids is 1. The van der Waals surface area contributed by atoms with Crippen LogP contribution in [0.4, 0.5) is 0 Å². The highest BCUT2D eigenvalue weighted by Gasteiger charge is 2.22. The number of rotatable bonds is 4. The van der Waals surface area contributed by atoms with Gasteiger partial charge < -0.3 is 4.74 Å². The second-order valence-corrected chi connectivity index (χ2v) is 3.69. The van der Waals surface area contributed by atoms with Crippen LogP contribution in [-0.4, -0.2) is 17.9 Å². The van der Waals surface area contributed by atoms with Crippen molar-refractivity contribution in [2.45, 2.75) is 19.8 Å². The standard InChI is InChI=1S/C11H13NO2/c1-8-11(14-7-9-2-3-9)5-4-10(6-13)12-8/h4-6,9H,2-3,7H2,1H3. The van der Waals surface area contributed by atoms with E-state index >= 15 is 0 Å². The SMILES string of the molecule is Cc1nc(C=O)ccc1OCC1CC1. The highest BCUT2D eigenvalue weighted by Crippen LogP contribution is 2.29. The van der Waals surface area contributed by atoms with E-state index in [9.17, 15) is 4.79 Å². The second-order valence-electron chi connectivity index (χ2n) is 3.69. The lowest BCUT2D eigenvalue weighted by Crippen LogP contribution is -2.02. The summed E-state index contributed by atoms with van der Waals surface area (Å²) in [6, 6.07) is 3.50. The Kier molecular flexibility index (Phi) is 2.48. The molecule has 1 aliphatic carbocycles. The van der Waals surface area contributed by atoms with Gasteiger partial charge in [0.1, 0.15) is 11.4 Å². The lowest BCUT2D eigenvalue weighted by atomic mass is 10.3. The van der Waals surface area contributed by atoms with Gasteiger partial charge in [-0.05, 0) is 37.8 Å². The zero-order valence-electron chi connectivity index (χ0n) is 8.19. The lowest BCUT2D eigenvalue weighted by molar-refractivity contribution is 0.111. The van der Waals surface area contributed by atoms with Crippen LogP contribution in [0.2, 0.25) is 0 Å². The third kappa shape index (κ3) is 2.10. The smallest absolute Gasteiger partial charge is 0.168 e. The second kappa shape index (κ2) is 3.78. The molecule has 0 bridgehead atoms. The first-order valence-corrected chi connectivity index (χ1v) is 4.85. The Morgan fingerprint density at radius 1 is 1.57 bits per heavy atom. The molecule has 0 aliphatic heterocycles. The summed E-state index contributed by atoms with van der Waals surface area (Å²) in [5.74, 6) is 1.53. The predicted molar refractivity (Wildman–Crippen MR) is 52.6 cm³/mol. The fourth-order valence-electron chi connectivity index (χ4n) is 1.28. The van der Waals surface area contributed by atoms with Crippen molar-refractivity contribution in [3.63, 3.8) is 0 Å². The van der Waals surface area contributed by atoms with Gasteiger partial charge in [-0.3, -0.25) is 4.79 Å². The van der Waals surface area contributed by atoms with Crippen molar-refractivity contribution < 1.29 is 9.53 Å². The van der Waals surface area contributed by atoms with Crippen molar-refractivity contribution in [1.82, 2.24) is 4.98 Å². The molecular formula is C11H13NO2. The van der Waals surface area contributed by atoms with Crippen LogP contribution in [-0.2, 0) is 0 Å². The monoisotopic (exact) mass is 191 g/mol. The maximum atomic E-state index is 10.4. The Morgan fingerprint density at radius 3 is 2.93 bits per heavy atom. The highest BCUT2D eigenvalue weighted by atomic mass is 16.5. The summed E-state index contributed by atoms with van der Waals surface area (Å²) in [7, 11) is 0. The van der Waals surface area contributed by atoms with Crippen LogP contribution < -0.4 is 4.74 Å². The average Bonchev–Trinajstić information content (AvgIpc) is 2.99. The molecule has 14 heavy (non-hydrogen) atoms. The van der Waals surface area contributed by atoms with Gasteiger partial charge in [-0.1, -0.05) is 0 Å². The lowest BCUT2D eigenvalue weighted by Gasteiger charge is -2.07. The maximum Gasteiger partial charge on any atom is 0.168 e. The van der Waals surface area contributed by atoms with Crippen LogP contribution in [0.3, 0.4) is 0 Å². The van der Waals surface area contributed by atoms with Gasteiger partial charge in [0.05, 0.1) is 12.3 Å². The van der Waals surface area contributed by atoms with Crippen molar-refractivity contribution in [2.75, 3.05) is 6.61 Å². The minimum Gasteiger partial charge on any atom is -0.491 e. The molecule has 0 aromatic carbocycles. The number of hydrogen-bond acceptors (Lipinski definition) is 3. The molecule has 3 nitrogen and oxygen atoms in total. The molecule has 0 unspecified atom stereocenters. The van der Waals surface area contributed by atoms with Crippen LogP contribution >= 0.6 is 0 Å². The predicted octanol–water partition coefficient (Wildman–Crippen LogP) is 1.99. The zero-order valence-corrected chi connectivity index (χ0v) is 8.19. The molecule has 0 N–H and O–H groups in total. The van der Waals surface area contributed by atoms with Crippen molar-refractivity contribution in [3.8, 4) is 5.75 Å². The highest BCUT2D eigenvalue weighted by molar-refractivity contribution is 5.71. The van der Waals surface area contributed by atoms with E-state index in [1.165, 1.54) is 12.8 Å². The molecular weight excluding hydrogens is 178 g/mol. The van der Waals surface area contributed by atoms with E-state index in [0.717, 1.165) is 30.3 Å². The van der Waals surface area contributed by atoms with Crippen LogP contribution in [0.15, 0.2) is 12.1 Å². The molecule has 0 spiro atoms. The van der Waals surface area contributed by atoms with Crippen LogP contribution in [0.25, 0.3) is 0 Å². The third-order valence-electron chi connectivity index (χ3n) is 2.35. The van der Waals surface area contributed by atoms with Gasteiger partial charge >= 0.3 is 0 Å². The van der Waals surface area contributed by atoms with E-state index in [0.29, 0.717) is 5.69 Å². The number of pyridine rings is 1. The number of hydrogen-bond donors (Lipinski definition) is 0. The van der Waals surface area contributed by atoms with Crippen molar-refractivity contribution in [2.24, 2.45) is 5.92 Å². The molecule has 1 aliphatic rings. The molecule has 3 heteroatoms. The minimum absolute atomic E-state index is 0.460. The van der Waals surface area contributed by atoms with Gasteiger partial charge in [-0.15, -0.1) is 0 Å². The summed E-state index contributed by atoms with van der Waals surface area (Å²) < 4.78 is 5.58. The first-order chi connectivity index (χ1) is 6.79. The van der Waals surface area contributed by atoms with Gasteiger partial charge in [-0.2, -0.15) is 0 Å². The summed E-state index contributed by atoms with van der Waals surface area (Å²) in [5.41, 5.74) is 1.25. The fourth-order valence-corrected chi connectivity index (χ4v) is 1.28. The molecule has 1 saturated carbocycles. The van der Waals surface area contributed by atoms with Crippen LogP contribution in [0.1, 0.15) is 29.0 Å². The van der Waals surface area contributed by atoms with Gasteiger partial charge in [-0.25, -0.2) is 4.98 Å². The Bertz CT molecular complexity index is 345. The molecule has 0 amide bonds. The largest absolute Gasteiger partial charge is 0.491 e. The Labute approximate surface area is 83.1 Å². The van der Waals surface area contributed by atoms with E-state index in [1.54, 1.807) is 6.07 Å². The number of ether oxygens (including phenoxy) is 1. The number of aromatic nitrogens is 1. The molecule has 0 atom stereocenters. The Balaban J connectivity index is 2.04. The van der Waals surface area contributed by atoms with Crippen molar-refractivity contribution in [1.29, 1.82) is 0 Å². The zero-order chi connectivity index (χ0) is 9.97. The van der Waals surface area contributed by atoms with E-state index in [1.807, 2.05) is 13.0 Å². The number of aldehydes is 1. The van der Waals surface area contributed by atoms with Gasteiger partial charge in [0.25, 0.3) is 0 Å². The molecule has 74 valence electrons. The normalized spacial score (nSPS) is 15.2. The first kappa shape index (κ1) is 9.19. The topological polar surface area (TPSA) is 39.2 Å².